The number of nitrogens with one attached hydrogen (secondary N) is 1. The number of carbonyl (C=O) groups excluding carboxylic acids is 2. The summed E-state index contributed by atoms with van der Waals surface area (Å²) in [7, 11) is 1.29. The minimum absolute atomic E-state index is 0.229. The third kappa shape index (κ3) is 3.33. The van der Waals surface area contributed by atoms with Crippen LogP contribution in [-0.2, 0) is 4.74 Å². The molecule has 8 heteroatoms. The van der Waals surface area contributed by atoms with Gasteiger partial charge < -0.3 is 14.6 Å². The number of H-pyrrole nitrogens is 1. The van der Waals surface area contributed by atoms with Crippen molar-refractivity contribution in [2.75, 3.05) is 13.7 Å². The van der Waals surface area contributed by atoms with Crippen molar-refractivity contribution < 1.29 is 18.7 Å². The number of amides is 1. The van der Waals surface area contributed by atoms with E-state index in [4.69, 9.17) is 0 Å². The Balaban J connectivity index is 1.62. The highest BCUT2D eigenvalue weighted by Crippen LogP contribution is 2.31. The Labute approximate surface area is 160 Å². The molecule has 1 N–H and O–H groups in total. The zero-order valence-corrected chi connectivity index (χ0v) is 15.3. The number of hydrogen-bond donors (Lipinski definition) is 1. The first-order valence-electron chi connectivity index (χ1n) is 9.07. The number of aromatic amines is 1. The molecule has 0 aliphatic carbocycles. The lowest BCUT2D eigenvalue weighted by molar-refractivity contribution is 0.0583. The lowest BCUT2D eigenvalue weighted by Gasteiger charge is -2.34. The second-order valence-electron chi connectivity index (χ2n) is 6.72. The van der Waals surface area contributed by atoms with Gasteiger partial charge in [0.05, 0.1) is 29.7 Å². The van der Waals surface area contributed by atoms with E-state index in [1.54, 1.807) is 11.0 Å². The molecular weight excluding hydrogens is 363 g/mol. The molecule has 1 unspecified atom stereocenters. The highest BCUT2D eigenvalue weighted by atomic mass is 19.1. The van der Waals surface area contributed by atoms with Crippen molar-refractivity contribution >= 4 is 22.9 Å². The summed E-state index contributed by atoms with van der Waals surface area (Å²) in [5.41, 5.74) is 1.80. The minimum Gasteiger partial charge on any atom is -0.465 e. The first kappa shape index (κ1) is 18.1. The number of halogens is 1. The monoisotopic (exact) mass is 382 g/mol. The number of carbonyl (C=O) groups is 2. The lowest BCUT2D eigenvalue weighted by Crippen LogP contribution is -2.39. The van der Waals surface area contributed by atoms with Gasteiger partial charge in [-0.3, -0.25) is 9.78 Å². The molecule has 144 valence electrons. The number of rotatable bonds is 3. The van der Waals surface area contributed by atoms with E-state index in [2.05, 4.69) is 19.7 Å². The Morgan fingerprint density at radius 3 is 2.86 bits per heavy atom. The van der Waals surface area contributed by atoms with E-state index in [0.717, 1.165) is 19.3 Å². The molecule has 2 aromatic heterocycles. The average molecular weight is 382 g/mol. The van der Waals surface area contributed by atoms with Crippen LogP contribution in [0.5, 0.6) is 0 Å². The molecule has 3 heterocycles. The van der Waals surface area contributed by atoms with Gasteiger partial charge in [0.15, 0.2) is 0 Å². The summed E-state index contributed by atoms with van der Waals surface area (Å²) < 4.78 is 18.1. The molecule has 3 aromatic rings. The summed E-state index contributed by atoms with van der Waals surface area (Å²) >= 11 is 0. The van der Waals surface area contributed by atoms with Gasteiger partial charge in [0.25, 0.3) is 5.91 Å². The van der Waals surface area contributed by atoms with Crippen LogP contribution in [0.4, 0.5) is 4.39 Å². The van der Waals surface area contributed by atoms with E-state index < -0.39 is 5.97 Å². The van der Waals surface area contributed by atoms with Gasteiger partial charge in [-0.1, -0.05) is 0 Å². The van der Waals surface area contributed by atoms with Crippen molar-refractivity contribution in [3.63, 3.8) is 0 Å². The number of methoxy groups -OCH3 is 1. The number of fused-ring (bicyclic) bond motifs is 1. The van der Waals surface area contributed by atoms with E-state index in [1.807, 2.05) is 0 Å². The summed E-state index contributed by atoms with van der Waals surface area (Å²) in [5, 5.41) is 0. The number of imidazole rings is 1. The van der Waals surface area contributed by atoms with Gasteiger partial charge >= 0.3 is 5.97 Å². The number of aromatic nitrogens is 3. The van der Waals surface area contributed by atoms with E-state index in [-0.39, 0.29) is 29.0 Å². The second-order valence-corrected chi connectivity index (χ2v) is 6.72. The van der Waals surface area contributed by atoms with Crippen LogP contribution in [0.1, 0.15) is 52.0 Å². The lowest BCUT2D eigenvalue weighted by atomic mass is 10.0. The second kappa shape index (κ2) is 7.38. The Bertz CT molecular complexity index is 1030. The molecule has 1 saturated heterocycles. The molecule has 28 heavy (non-hydrogen) atoms. The predicted octanol–water partition coefficient (Wildman–Crippen LogP) is 3.25. The van der Waals surface area contributed by atoms with Crippen LogP contribution in [0, 0.1) is 5.82 Å². The molecule has 1 atom stereocenters. The van der Waals surface area contributed by atoms with E-state index >= 15 is 0 Å². The molecule has 0 radical (unpaired) electrons. The number of nitrogens with zero attached hydrogens (tertiary/aromatic N) is 3. The molecule has 1 aromatic carbocycles. The van der Waals surface area contributed by atoms with Crippen LogP contribution < -0.4 is 0 Å². The van der Waals surface area contributed by atoms with Gasteiger partial charge in [-0.05, 0) is 49.6 Å². The van der Waals surface area contributed by atoms with Crippen molar-refractivity contribution in [2.45, 2.75) is 25.3 Å². The highest BCUT2D eigenvalue weighted by Gasteiger charge is 2.31. The maximum Gasteiger partial charge on any atom is 0.339 e. The third-order valence-electron chi connectivity index (χ3n) is 4.95. The zero-order chi connectivity index (χ0) is 19.7. The van der Waals surface area contributed by atoms with Crippen LogP contribution in [-0.4, -0.2) is 45.4 Å². The minimum atomic E-state index is -0.503. The molecule has 1 amide bonds. The van der Waals surface area contributed by atoms with Gasteiger partial charge in [-0.2, -0.15) is 0 Å². The molecule has 0 saturated carbocycles. The maximum absolute atomic E-state index is 13.5. The van der Waals surface area contributed by atoms with Gasteiger partial charge in [0, 0.05) is 12.7 Å². The van der Waals surface area contributed by atoms with Gasteiger partial charge in [0.1, 0.15) is 17.3 Å². The maximum atomic E-state index is 13.5. The summed E-state index contributed by atoms with van der Waals surface area (Å²) in [5.74, 6) is -0.432. The Hall–Kier alpha value is -3.29. The molecule has 1 fully saturated rings. The first-order valence-corrected chi connectivity index (χ1v) is 9.07. The molecular formula is C20H19FN4O3. The van der Waals surface area contributed by atoms with Crippen LogP contribution in [0.25, 0.3) is 11.0 Å². The number of likely N-dealkylation sites (tertiary alicyclic amines) is 1. The van der Waals surface area contributed by atoms with Crippen LogP contribution in [0.3, 0.4) is 0 Å². The van der Waals surface area contributed by atoms with Crippen LogP contribution in [0.2, 0.25) is 0 Å². The Morgan fingerprint density at radius 2 is 2.11 bits per heavy atom. The van der Waals surface area contributed by atoms with Gasteiger partial charge in [-0.15, -0.1) is 0 Å². The Kier molecular flexibility index (Phi) is 4.77. The van der Waals surface area contributed by atoms with Crippen molar-refractivity contribution in [3.8, 4) is 0 Å². The predicted molar refractivity (Wildman–Crippen MR) is 99.3 cm³/mol. The number of pyridine rings is 1. The zero-order valence-electron chi connectivity index (χ0n) is 15.3. The SMILES string of the molecule is COC(=O)c1ccc(C(=O)N2CCCCC2c2nc3ccc(F)cc3[nH]2)nc1. The highest BCUT2D eigenvalue weighted by molar-refractivity contribution is 5.94. The molecule has 4 rings (SSSR count). The Morgan fingerprint density at radius 1 is 1.25 bits per heavy atom. The molecule has 1 aliphatic heterocycles. The number of ether oxygens (including phenoxy) is 1. The molecule has 1 aliphatic rings. The first-order chi connectivity index (χ1) is 13.6. The molecule has 0 bridgehead atoms. The summed E-state index contributed by atoms with van der Waals surface area (Å²) in [6, 6.07) is 7.19. The van der Waals surface area contributed by atoms with E-state index in [1.165, 1.54) is 37.6 Å². The standard InChI is InChI=1S/C20H19FN4O3/c1-28-20(27)12-5-7-15(22-11-12)19(26)25-9-3-2-4-17(25)18-23-14-8-6-13(21)10-16(14)24-18/h5-8,10-11,17H,2-4,9H2,1H3,(H,23,24). The van der Waals surface area contributed by atoms with E-state index in [9.17, 15) is 14.0 Å². The number of esters is 1. The van der Waals surface area contributed by atoms with Crippen molar-refractivity contribution in [1.29, 1.82) is 0 Å². The van der Waals surface area contributed by atoms with Crippen molar-refractivity contribution in [3.05, 3.63) is 59.4 Å². The number of hydrogen-bond acceptors (Lipinski definition) is 5. The molecule has 0 spiro atoms. The fourth-order valence-corrected chi connectivity index (χ4v) is 3.52. The van der Waals surface area contributed by atoms with Gasteiger partial charge in [-0.25, -0.2) is 14.2 Å². The smallest absolute Gasteiger partial charge is 0.339 e. The summed E-state index contributed by atoms with van der Waals surface area (Å²) in [6.45, 7) is 0.579. The summed E-state index contributed by atoms with van der Waals surface area (Å²) in [4.78, 5) is 38.2. The molecule has 7 nitrogen and oxygen atoms in total. The van der Waals surface area contributed by atoms with Crippen molar-refractivity contribution in [1.82, 2.24) is 19.9 Å². The fourth-order valence-electron chi connectivity index (χ4n) is 3.52. The number of benzene rings is 1. The average Bonchev–Trinajstić information content (AvgIpc) is 3.15. The van der Waals surface area contributed by atoms with Crippen LogP contribution >= 0.6 is 0 Å². The van der Waals surface area contributed by atoms with Crippen molar-refractivity contribution in [2.24, 2.45) is 0 Å². The topological polar surface area (TPSA) is 88.2 Å². The summed E-state index contributed by atoms with van der Waals surface area (Å²) in [6.07, 6.45) is 3.95. The quantitative estimate of drug-likeness (QED) is 0.703. The largest absolute Gasteiger partial charge is 0.465 e. The normalized spacial score (nSPS) is 16.9. The van der Waals surface area contributed by atoms with E-state index in [0.29, 0.717) is 23.4 Å². The van der Waals surface area contributed by atoms with Crippen LogP contribution in [0.15, 0.2) is 36.5 Å². The number of piperidine rings is 1. The third-order valence-corrected chi connectivity index (χ3v) is 4.95. The fraction of sp³-hybridized carbons (Fsp3) is 0.300. The van der Waals surface area contributed by atoms with Gasteiger partial charge in [0.2, 0.25) is 0 Å².